The zero-order chi connectivity index (χ0) is 19.5. The molecule has 144 valence electrons. The van der Waals surface area contributed by atoms with Gasteiger partial charge in [0.1, 0.15) is 4.58 Å². The smallest absolute Gasteiger partial charge is 0.205 e. The molecule has 2 atom stereocenters. The quantitative estimate of drug-likeness (QED) is 0.645. The summed E-state index contributed by atoms with van der Waals surface area (Å²) in [6, 6.07) is 6.85. The first-order valence-electron chi connectivity index (χ1n) is 7.31. The summed E-state index contributed by atoms with van der Waals surface area (Å²) in [6.45, 7) is 2.27. The number of para-hydroxylation sites is 1. The van der Waals surface area contributed by atoms with Crippen LogP contribution in [-0.4, -0.2) is 39.6 Å². The molecule has 1 rings (SSSR count). The number of hydrogen-bond donors (Lipinski definition) is 0. The summed E-state index contributed by atoms with van der Waals surface area (Å²) < 4.78 is 88.3. The fourth-order valence-electron chi connectivity index (χ4n) is 2.19. The Labute approximate surface area is 150 Å². The molecule has 0 fully saturated rings. The summed E-state index contributed by atoms with van der Waals surface area (Å²) in [5.74, 6) is -2.74. The monoisotopic (exact) mass is 419 g/mol. The van der Waals surface area contributed by atoms with E-state index in [2.05, 4.69) is 0 Å². The third-order valence-electron chi connectivity index (χ3n) is 3.36. The van der Waals surface area contributed by atoms with E-state index in [1.54, 1.807) is 6.07 Å². The molecule has 0 aliphatic rings. The van der Waals surface area contributed by atoms with Gasteiger partial charge in [0, 0.05) is 0 Å². The molecule has 1 aromatic carbocycles. The van der Waals surface area contributed by atoms with Crippen molar-refractivity contribution in [3.8, 4) is 0 Å². The molecule has 1 aromatic rings. The van der Waals surface area contributed by atoms with Gasteiger partial charge in [-0.15, -0.1) is 11.8 Å². The van der Waals surface area contributed by atoms with Gasteiger partial charge in [-0.25, -0.2) is 16.8 Å². The molecule has 0 aromatic heterocycles. The minimum atomic E-state index is -4.84. The van der Waals surface area contributed by atoms with Crippen molar-refractivity contribution in [2.45, 2.75) is 31.0 Å². The molecule has 0 aliphatic heterocycles. The van der Waals surface area contributed by atoms with Crippen LogP contribution >= 0.6 is 11.8 Å². The van der Waals surface area contributed by atoms with Crippen LogP contribution in [0.3, 0.4) is 0 Å². The first-order chi connectivity index (χ1) is 11.4. The molecule has 2 unspecified atom stereocenters. The van der Waals surface area contributed by atoms with Crippen LogP contribution in [0.4, 0.5) is 18.9 Å². The standard InChI is InChI=1S/C14H20F3NO4S3/c1-4-10-24(19,20)18(12-8-6-5-7-9-12)25(21,22)13(23-3)11(2)14(15,16)17/h5-9,11,13H,4,10H2,1-3H3. The third kappa shape index (κ3) is 5.04. The van der Waals surface area contributed by atoms with Gasteiger partial charge < -0.3 is 0 Å². The summed E-state index contributed by atoms with van der Waals surface area (Å²) in [7, 11) is -9.19. The largest absolute Gasteiger partial charge is 0.393 e. The van der Waals surface area contributed by atoms with Crippen molar-refractivity contribution < 1.29 is 30.0 Å². The second-order valence-corrected chi connectivity index (χ2v) is 10.7. The summed E-state index contributed by atoms with van der Waals surface area (Å²) in [5.41, 5.74) is -0.204. The summed E-state index contributed by atoms with van der Waals surface area (Å²) >= 11 is 0.455. The van der Waals surface area contributed by atoms with Crippen LogP contribution in [0.25, 0.3) is 0 Å². The SMILES string of the molecule is CCCS(=O)(=O)N(c1ccccc1)S(=O)(=O)C(SC)C(C)C(F)(F)F. The van der Waals surface area contributed by atoms with Crippen LogP contribution in [0.2, 0.25) is 0 Å². The van der Waals surface area contributed by atoms with Crippen molar-refractivity contribution in [3.63, 3.8) is 0 Å². The molecular weight excluding hydrogens is 399 g/mol. The van der Waals surface area contributed by atoms with Crippen LogP contribution in [0, 0.1) is 5.92 Å². The molecule has 11 heteroatoms. The molecule has 0 radical (unpaired) electrons. The Morgan fingerprint density at radius 2 is 1.64 bits per heavy atom. The molecule has 25 heavy (non-hydrogen) atoms. The average molecular weight is 420 g/mol. The highest BCUT2D eigenvalue weighted by molar-refractivity contribution is 8.19. The minimum Gasteiger partial charge on any atom is -0.205 e. The van der Waals surface area contributed by atoms with Gasteiger partial charge in [-0.3, -0.25) is 0 Å². The van der Waals surface area contributed by atoms with Crippen LogP contribution in [0.5, 0.6) is 0 Å². The van der Waals surface area contributed by atoms with Gasteiger partial charge >= 0.3 is 6.18 Å². The normalized spacial score (nSPS) is 15.6. The predicted molar refractivity (Wildman–Crippen MR) is 94.4 cm³/mol. The second kappa shape index (κ2) is 8.17. The van der Waals surface area contributed by atoms with Gasteiger partial charge in [0.2, 0.25) is 10.0 Å². The third-order valence-corrected chi connectivity index (χ3v) is 10.2. The number of nitrogens with zero attached hydrogens (tertiary/aromatic N) is 1. The van der Waals surface area contributed by atoms with Crippen LogP contribution in [-0.2, 0) is 20.0 Å². The van der Waals surface area contributed by atoms with E-state index >= 15 is 0 Å². The van der Waals surface area contributed by atoms with E-state index in [1.165, 1.54) is 37.4 Å². The first-order valence-corrected chi connectivity index (χ1v) is 11.7. The number of halogens is 3. The lowest BCUT2D eigenvalue weighted by atomic mass is 10.2. The zero-order valence-electron chi connectivity index (χ0n) is 13.9. The Morgan fingerprint density at radius 1 is 1.12 bits per heavy atom. The molecular formula is C14H20F3NO4S3. The highest BCUT2D eigenvalue weighted by Crippen LogP contribution is 2.39. The zero-order valence-corrected chi connectivity index (χ0v) is 16.3. The van der Waals surface area contributed by atoms with Gasteiger partial charge in [-0.2, -0.15) is 16.9 Å². The number of benzene rings is 1. The van der Waals surface area contributed by atoms with E-state index in [0.717, 1.165) is 6.92 Å². The maximum absolute atomic E-state index is 13.1. The highest BCUT2D eigenvalue weighted by atomic mass is 32.3. The molecule has 0 aliphatic carbocycles. The summed E-state index contributed by atoms with van der Waals surface area (Å²) in [6.07, 6.45) is -3.45. The fourth-order valence-corrected chi connectivity index (χ4v) is 8.31. The van der Waals surface area contributed by atoms with Crippen molar-refractivity contribution in [2.24, 2.45) is 5.92 Å². The lowest BCUT2D eigenvalue weighted by Gasteiger charge is -2.31. The first kappa shape index (κ1) is 22.1. The van der Waals surface area contributed by atoms with Gasteiger partial charge in [-0.1, -0.05) is 32.0 Å². The number of rotatable bonds is 8. The summed E-state index contributed by atoms with van der Waals surface area (Å²) in [5, 5.41) is 0. The van der Waals surface area contributed by atoms with Gasteiger partial charge in [0.15, 0.2) is 0 Å². The molecule has 5 nitrogen and oxygen atoms in total. The number of alkyl halides is 3. The highest BCUT2D eigenvalue weighted by Gasteiger charge is 2.50. The van der Waals surface area contributed by atoms with Crippen LogP contribution in [0.15, 0.2) is 30.3 Å². The Bertz CT molecular complexity index is 764. The average Bonchev–Trinajstić information content (AvgIpc) is 2.46. The van der Waals surface area contributed by atoms with E-state index in [9.17, 15) is 30.0 Å². The fraction of sp³-hybridized carbons (Fsp3) is 0.571. The predicted octanol–water partition coefficient (Wildman–Crippen LogP) is 3.45. The molecule has 0 amide bonds. The molecule has 0 saturated carbocycles. The van der Waals surface area contributed by atoms with Gasteiger partial charge in [-0.05, 0) is 24.8 Å². The number of sulfonamides is 2. The van der Waals surface area contributed by atoms with Crippen LogP contribution in [0.1, 0.15) is 20.3 Å². The molecule has 0 bridgehead atoms. The van der Waals surface area contributed by atoms with E-state index in [1.807, 2.05) is 0 Å². The van der Waals surface area contributed by atoms with Crippen LogP contribution < -0.4 is 3.71 Å². The van der Waals surface area contributed by atoms with Crippen molar-refractivity contribution >= 4 is 37.5 Å². The topological polar surface area (TPSA) is 71.5 Å². The van der Waals surface area contributed by atoms with Crippen molar-refractivity contribution in [1.29, 1.82) is 0 Å². The van der Waals surface area contributed by atoms with E-state index < -0.39 is 42.5 Å². The molecule has 0 heterocycles. The Morgan fingerprint density at radius 3 is 2.04 bits per heavy atom. The van der Waals surface area contributed by atoms with Crippen molar-refractivity contribution in [3.05, 3.63) is 30.3 Å². The minimum absolute atomic E-state index is 0.125. The second-order valence-electron chi connectivity index (χ2n) is 5.33. The van der Waals surface area contributed by atoms with Crippen molar-refractivity contribution in [1.82, 2.24) is 0 Å². The molecule has 0 N–H and O–H groups in total. The van der Waals surface area contributed by atoms with Gasteiger partial charge in [0.25, 0.3) is 10.0 Å². The van der Waals surface area contributed by atoms with E-state index in [0.29, 0.717) is 11.8 Å². The number of anilines is 1. The maximum Gasteiger partial charge on any atom is 0.393 e. The lowest BCUT2D eigenvalue weighted by Crippen LogP contribution is -2.47. The lowest BCUT2D eigenvalue weighted by molar-refractivity contribution is -0.165. The van der Waals surface area contributed by atoms with Gasteiger partial charge in [0.05, 0.1) is 17.4 Å². The number of hydrogen-bond acceptors (Lipinski definition) is 5. The Hall–Kier alpha value is -0.940. The van der Waals surface area contributed by atoms with E-state index in [-0.39, 0.29) is 15.8 Å². The summed E-state index contributed by atoms with van der Waals surface area (Å²) in [4.78, 5) is 0. The Kier molecular flexibility index (Phi) is 7.22. The maximum atomic E-state index is 13.1. The molecule has 0 spiro atoms. The molecule has 0 saturated heterocycles. The van der Waals surface area contributed by atoms with E-state index in [4.69, 9.17) is 0 Å². The Balaban J connectivity index is 3.57. The van der Waals surface area contributed by atoms with Crippen molar-refractivity contribution in [2.75, 3.05) is 15.7 Å². The number of thioether (sulfide) groups is 1.